The molecule has 2 heterocycles. The summed E-state index contributed by atoms with van der Waals surface area (Å²) in [5, 5.41) is 9.62. The number of nitrogens with zero attached hydrogens (tertiary/aromatic N) is 4. The van der Waals surface area contributed by atoms with Gasteiger partial charge in [-0.1, -0.05) is 44.4 Å². The van der Waals surface area contributed by atoms with Gasteiger partial charge < -0.3 is 5.32 Å². The lowest BCUT2D eigenvalue weighted by Crippen LogP contribution is -2.15. The van der Waals surface area contributed by atoms with Crippen molar-refractivity contribution in [1.29, 1.82) is 0 Å². The zero-order chi connectivity index (χ0) is 20.8. The van der Waals surface area contributed by atoms with Crippen LogP contribution in [0.15, 0.2) is 24.4 Å². The molecule has 0 bridgehead atoms. The smallest absolute Gasteiger partial charge is 0.225 e. The number of carbonyl (C=O) groups is 1. The van der Waals surface area contributed by atoms with Gasteiger partial charge in [0, 0.05) is 24.2 Å². The topological polar surface area (TPSA) is 72.7 Å². The summed E-state index contributed by atoms with van der Waals surface area (Å²) < 4.78 is 2.04. The van der Waals surface area contributed by atoms with Crippen LogP contribution in [-0.4, -0.2) is 32.1 Å². The van der Waals surface area contributed by atoms with Crippen molar-refractivity contribution in [3.63, 3.8) is 0 Å². The molecule has 2 aliphatic rings. The third-order valence-electron chi connectivity index (χ3n) is 6.17. The maximum absolute atomic E-state index is 13.1. The normalized spacial score (nSPS) is 19.2. The van der Waals surface area contributed by atoms with Crippen LogP contribution in [0.3, 0.4) is 0 Å². The zero-order valence-corrected chi connectivity index (χ0v) is 18.1. The minimum Gasteiger partial charge on any atom is -0.354 e. The van der Waals surface area contributed by atoms with Gasteiger partial charge in [-0.25, -0.2) is 4.98 Å². The number of hydrogen-bond acceptors (Lipinski definition) is 5. The van der Waals surface area contributed by atoms with E-state index >= 15 is 0 Å². The second kappa shape index (κ2) is 7.65. The van der Waals surface area contributed by atoms with Crippen molar-refractivity contribution < 1.29 is 4.79 Å². The minimum absolute atomic E-state index is 0.149. The second-order valence-electron chi connectivity index (χ2n) is 8.91. The van der Waals surface area contributed by atoms with Crippen molar-refractivity contribution >= 4 is 34.4 Å². The highest BCUT2D eigenvalue weighted by atomic mass is 35.5. The summed E-state index contributed by atoms with van der Waals surface area (Å²) in [6.07, 6.45) is 7.18. The molecule has 0 aliphatic heterocycles. The van der Waals surface area contributed by atoms with E-state index in [1.807, 2.05) is 29.1 Å². The van der Waals surface area contributed by atoms with E-state index in [2.05, 4.69) is 24.1 Å². The van der Waals surface area contributed by atoms with E-state index in [4.69, 9.17) is 21.7 Å². The van der Waals surface area contributed by atoms with Crippen LogP contribution < -0.4 is 5.32 Å². The third-order valence-corrected chi connectivity index (χ3v) is 6.41. The molecular formula is C23H26ClN5O. The summed E-state index contributed by atoms with van der Waals surface area (Å²) in [5.74, 6) is 0.711. The van der Waals surface area contributed by atoms with Crippen molar-refractivity contribution in [3.8, 4) is 0 Å². The molecule has 1 saturated carbocycles. The van der Waals surface area contributed by atoms with Gasteiger partial charge in [0.15, 0.2) is 11.4 Å². The first kappa shape index (κ1) is 19.5. The van der Waals surface area contributed by atoms with Crippen LogP contribution >= 0.6 is 11.6 Å². The van der Waals surface area contributed by atoms with Gasteiger partial charge >= 0.3 is 0 Å². The fraction of sp³-hybridized carbons (Fsp3) is 0.478. The molecule has 0 radical (unpaired) electrons. The molecule has 0 amide bonds. The van der Waals surface area contributed by atoms with Crippen molar-refractivity contribution in [2.45, 2.75) is 57.9 Å². The molecule has 0 spiro atoms. The Morgan fingerprint density at radius 3 is 2.80 bits per heavy atom. The SMILES string of the molecule is CC(C)CNc1nc(C2C(=O)Cc3ccc(Cl)cc32)c2cn(C3CCCC3)nc2n1. The number of anilines is 1. The quantitative estimate of drug-likeness (QED) is 0.630. The van der Waals surface area contributed by atoms with Gasteiger partial charge in [0.1, 0.15) is 0 Å². The van der Waals surface area contributed by atoms with Gasteiger partial charge in [0.25, 0.3) is 0 Å². The van der Waals surface area contributed by atoms with E-state index in [9.17, 15) is 4.79 Å². The Morgan fingerprint density at radius 1 is 1.23 bits per heavy atom. The molecule has 0 saturated heterocycles. The Kier molecular flexibility index (Phi) is 4.97. The number of nitrogens with one attached hydrogen (secondary N) is 1. The Labute approximate surface area is 181 Å². The predicted octanol–water partition coefficient (Wildman–Crippen LogP) is 4.92. The highest BCUT2D eigenvalue weighted by Crippen LogP contribution is 2.39. The molecule has 6 nitrogen and oxygen atoms in total. The number of hydrogen-bond donors (Lipinski definition) is 1. The Morgan fingerprint density at radius 2 is 2.03 bits per heavy atom. The summed E-state index contributed by atoms with van der Waals surface area (Å²) >= 11 is 6.28. The van der Waals surface area contributed by atoms with Crippen LogP contribution in [0, 0.1) is 5.92 Å². The lowest BCUT2D eigenvalue weighted by atomic mass is 9.95. The monoisotopic (exact) mass is 423 g/mol. The van der Waals surface area contributed by atoms with Crippen LogP contribution in [-0.2, 0) is 11.2 Å². The van der Waals surface area contributed by atoms with Gasteiger partial charge in [0.05, 0.1) is 23.0 Å². The van der Waals surface area contributed by atoms with Crippen molar-refractivity contribution in [2.75, 3.05) is 11.9 Å². The van der Waals surface area contributed by atoms with Crippen molar-refractivity contribution in [2.24, 2.45) is 5.92 Å². The summed E-state index contributed by atoms with van der Waals surface area (Å²) in [7, 11) is 0. The first-order valence-electron chi connectivity index (χ1n) is 10.8. The molecule has 30 heavy (non-hydrogen) atoms. The molecule has 1 N–H and O–H groups in total. The minimum atomic E-state index is -0.426. The van der Waals surface area contributed by atoms with Crippen LogP contribution in [0.4, 0.5) is 5.95 Å². The molecule has 1 atom stereocenters. The fourth-order valence-corrected chi connectivity index (χ4v) is 4.83. The average Bonchev–Trinajstić information content (AvgIpc) is 3.43. The van der Waals surface area contributed by atoms with Gasteiger partial charge in [-0.05, 0) is 42.0 Å². The lowest BCUT2D eigenvalue weighted by molar-refractivity contribution is -0.118. The van der Waals surface area contributed by atoms with Gasteiger partial charge in [0.2, 0.25) is 5.95 Å². The Bertz CT molecular complexity index is 1120. The van der Waals surface area contributed by atoms with E-state index in [0.717, 1.165) is 41.6 Å². The molecule has 3 aromatic rings. The van der Waals surface area contributed by atoms with Crippen molar-refractivity contribution in [3.05, 3.63) is 46.2 Å². The molecule has 1 fully saturated rings. The molecule has 156 valence electrons. The number of Topliss-reactive ketones (excluding diaryl/α,β-unsaturated/α-hetero) is 1. The molecule has 1 unspecified atom stereocenters. The van der Waals surface area contributed by atoms with E-state index < -0.39 is 5.92 Å². The molecule has 7 heteroatoms. The third kappa shape index (κ3) is 3.47. The first-order chi connectivity index (χ1) is 14.5. The fourth-order valence-electron chi connectivity index (χ4n) is 4.65. The van der Waals surface area contributed by atoms with Gasteiger partial charge in [-0.15, -0.1) is 0 Å². The van der Waals surface area contributed by atoms with E-state index in [0.29, 0.717) is 35.0 Å². The van der Waals surface area contributed by atoms with E-state index in [-0.39, 0.29) is 5.78 Å². The van der Waals surface area contributed by atoms with Gasteiger partial charge in [-0.3, -0.25) is 9.48 Å². The van der Waals surface area contributed by atoms with E-state index in [1.165, 1.54) is 12.8 Å². The molecule has 5 rings (SSSR count). The molecule has 2 aromatic heterocycles. The summed E-state index contributed by atoms with van der Waals surface area (Å²) in [5.41, 5.74) is 3.37. The van der Waals surface area contributed by atoms with Crippen LogP contribution in [0.2, 0.25) is 5.02 Å². The van der Waals surface area contributed by atoms with Crippen LogP contribution in [0.1, 0.15) is 68.3 Å². The maximum atomic E-state index is 13.1. The highest BCUT2D eigenvalue weighted by molar-refractivity contribution is 6.30. The first-order valence-corrected chi connectivity index (χ1v) is 11.2. The predicted molar refractivity (Wildman–Crippen MR) is 118 cm³/mol. The molecular weight excluding hydrogens is 398 g/mol. The number of carbonyl (C=O) groups excluding carboxylic acids is 1. The number of fused-ring (bicyclic) bond motifs is 2. The highest BCUT2D eigenvalue weighted by Gasteiger charge is 2.35. The second-order valence-corrected chi connectivity index (χ2v) is 9.35. The maximum Gasteiger partial charge on any atom is 0.225 e. The summed E-state index contributed by atoms with van der Waals surface area (Å²) in [6.45, 7) is 5.04. The molecule has 1 aromatic carbocycles. The standard InChI is InChI=1S/C23H26ClN5O/c1-13(2)11-25-23-26-21(20-17-10-15(24)8-7-14(17)9-19(20)30)18-12-29(28-22(18)27-23)16-5-3-4-6-16/h7-8,10,12-13,16,20H,3-6,9,11H2,1-2H3,(H,25,27,28). The summed E-state index contributed by atoms with van der Waals surface area (Å²) in [6, 6.07) is 6.11. The largest absolute Gasteiger partial charge is 0.354 e. The Hall–Kier alpha value is -2.47. The number of benzene rings is 1. The average molecular weight is 424 g/mol. The van der Waals surface area contributed by atoms with E-state index in [1.54, 1.807) is 0 Å². The summed E-state index contributed by atoms with van der Waals surface area (Å²) in [4.78, 5) is 22.6. The molecule has 2 aliphatic carbocycles. The number of ketones is 1. The Balaban J connectivity index is 1.65. The van der Waals surface area contributed by atoms with Gasteiger partial charge in [-0.2, -0.15) is 10.1 Å². The number of rotatable bonds is 5. The number of aromatic nitrogens is 4. The lowest BCUT2D eigenvalue weighted by Gasteiger charge is -2.14. The number of halogens is 1. The zero-order valence-electron chi connectivity index (χ0n) is 17.4. The van der Waals surface area contributed by atoms with Crippen LogP contribution in [0.5, 0.6) is 0 Å². The van der Waals surface area contributed by atoms with Crippen LogP contribution in [0.25, 0.3) is 11.0 Å². The van der Waals surface area contributed by atoms with Crippen molar-refractivity contribution in [1.82, 2.24) is 19.7 Å².